The second-order valence-electron chi connectivity index (χ2n) is 13.0. The SMILES string of the molecule is c1cc(-c2ccc3ccccc3c2)cc(N(c2ccc(-c3ccc4oc5ccccc5c4c3)cc2)c2ccc3c(ccc4ccccc43)c2)c1. The summed E-state index contributed by atoms with van der Waals surface area (Å²) in [6.07, 6.45) is 0. The summed E-state index contributed by atoms with van der Waals surface area (Å²) >= 11 is 0. The predicted octanol–water partition coefficient (Wildman–Crippen LogP) is 13.8. The molecule has 10 rings (SSSR count). The number of hydrogen-bond acceptors (Lipinski definition) is 2. The van der Waals surface area contributed by atoms with Crippen LogP contribution < -0.4 is 4.90 Å². The molecule has 0 fully saturated rings. The zero-order valence-corrected chi connectivity index (χ0v) is 27.3. The Hall–Kier alpha value is -6.64. The smallest absolute Gasteiger partial charge is 0.135 e. The summed E-state index contributed by atoms with van der Waals surface area (Å²) in [4.78, 5) is 2.37. The highest BCUT2D eigenvalue weighted by molar-refractivity contribution is 6.09. The van der Waals surface area contributed by atoms with Crippen LogP contribution in [0.4, 0.5) is 17.1 Å². The van der Waals surface area contributed by atoms with Crippen LogP contribution in [0.3, 0.4) is 0 Å². The van der Waals surface area contributed by atoms with Crippen molar-refractivity contribution in [1.82, 2.24) is 0 Å². The van der Waals surface area contributed by atoms with Crippen molar-refractivity contribution in [1.29, 1.82) is 0 Å². The highest BCUT2D eigenvalue weighted by Crippen LogP contribution is 2.40. The Morgan fingerprint density at radius 1 is 0.280 bits per heavy atom. The van der Waals surface area contributed by atoms with Crippen molar-refractivity contribution in [2.75, 3.05) is 4.90 Å². The van der Waals surface area contributed by atoms with E-state index in [2.05, 4.69) is 181 Å². The molecule has 2 heteroatoms. The molecule has 0 unspecified atom stereocenters. The van der Waals surface area contributed by atoms with E-state index >= 15 is 0 Å². The summed E-state index contributed by atoms with van der Waals surface area (Å²) in [5.74, 6) is 0. The Morgan fingerprint density at radius 2 is 0.880 bits per heavy atom. The van der Waals surface area contributed by atoms with Gasteiger partial charge in [0.05, 0.1) is 0 Å². The van der Waals surface area contributed by atoms with Gasteiger partial charge in [0.25, 0.3) is 0 Å². The number of benzene rings is 9. The number of hydrogen-bond donors (Lipinski definition) is 0. The Bertz CT molecular complexity index is 2880. The molecular weight excluding hydrogens is 607 g/mol. The second kappa shape index (κ2) is 11.5. The standard InChI is InChI=1S/C48H31NO/c1-2-10-35-28-37(18-16-32(35)8-1)36-11-7-12-41(29-36)49(42-25-26-44-39(30-42)19-17-34-9-3-4-13-43(34)44)40-23-20-33(21-24-40)38-22-27-48-46(31-38)45-14-5-6-15-47(45)50-48/h1-31H. The van der Waals surface area contributed by atoms with Crippen LogP contribution in [0.5, 0.6) is 0 Å². The third kappa shape index (κ3) is 4.81. The van der Waals surface area contributed by atoms with Crippen LogP contribution >= 0.6 is 0 Å². The minimum atomic E-state index is 0.910. The van der Waals surface area contributed by atoms with E-state index in [9.17, 15) is 0 Å². The Labute approximate surface area is 290 Å². The van der Waals surface area contributed by atoms with E-state index in [0.29, 0.717) is 0 Å². The maximum Gasteiger partial charge on any atom is 0.135 e. The molecule has 2 nitrogen and oxygen atoms in total. The van der Waals surface area contributed by atoms with Gasteiger partial charge in [-0.15, -0.1) is 0 Å². The van der Waals surface area contributed by atoms with E-state index in [1.807, 2.05) is 12.1 Å². The van der Waals surface area contributed by atoms with E-state index in [0.717, 1.165) is 50.1 Å². The van der Waals surface area contributed by atoms with Crippen molar-refractivity contribution in [3.8, 4) is 22.3 Å². The fourth-order valence-corrected chi connectivity index (χ4v) is 7.49. The van der Waals surface area contributed by atoms with E-state index in [1.165, 1.54) is 43.4 Å². The van der Waals surface area contributed by atoms with Crippen molar-refractivity contribution >= 4 is 71.3 Å². The van der Waals surface area contributed by atoms with Gasteiger partial charge in [0.1, 0.15) is 11.2 Å². The Balaban J connectivity index is 1.10. The average Bonchev–Trinajstić information content (AvgIpc) is 3.56. The second-order valence-corrected chi connectivity index (χ2v) is 13.0. The van der Waals surface area contributed by atoms with Gasteiger partial charge in [-0.05, 0) is 115 Å². The van der Waals surface area contributed by atoms with E-state index in [4.69, 9.17) is 4.42 Å². The van der Waals surface area contributed by atoms with Gasteiger partial charge >= 0.3 is 0 Å². The number of anilines is 3. The monoisotopic (exact) mass is 637 g/mol. The van der Waals surface area contributed by atoms with Gasteiger partial charge in [-0.3, -0.25) is 0 Å². The molecule has 10 aromatic rings. The first-order valence-corrected chi connectivity index (χ1v) is 17.1. The third-order valence-electron chi connectivity index (χ3n) is 10.0. The molecular formula is C48H31NO. The number of rotatable bonds is 5. The topological polar surface area (TPSA) is 16.4 Å². The lowest BCUT2D eigenvalue weighted by Gasteiger charge is -2.27. The lowest BCUT2D eigenvalue weighted by Crippen LogP contribution is -2.10. The van der Waals surface area contributed by atoms with Gasteiger partial charge in [-0.25, -0.2) is 0 Å². The molecule has 0 atom stereocenters. The molecule has 1 aromatic heterocycles. The maximum absolute atomic E-state index is 6.10. The van der Waals surface area contributed by atoms with Gasteiger partial charge in [0, 0.05) is 27.8 Å². The highest BCUT2D eigenvalue weighted by Gasteiger charge is 2.16. The van der Waals surface area contributed by atoms with Gasteiger partial charge in [-0.2, -0.15) is 0 Å². The minimum absolute atomic E-state index is 0.910. The number of nitrogens with zero attached hydrogens (tertiary/aromatic N) is 1. The Kier molecular flexibility index (Phi) is 6.53. The van der Waals surface area contributed by atoms with Crippen LogP contribution in [0.25, 0.3) is 76.5 Å². The molecule has 0 N–H and O–H groups in total. The summed E-state index contributed by atoms with van der Waals surface area (Å²) in [6, 6.07) is 67.7. The van der Waals surface area contributed by atoms with Crippen LogP contribution in [-0.4, -0.2) is 0 Å². The van der Waals surface area contributed by atoms with E-state index in [1.54, 1.807) is 0 Å². The highest BCUT2D eigenvalue weighted by atomic mass is 16.3. The van der Waals surface area contributed by atoms with Crippen LogP contribution in [0.1, 0.15) is 0 Å². The molecule has 50 heavy (non-hydrogen) atoms. The molecule has 9 aromatic carbocycles. The lowest BCUT2D eigenvalue weighted by atomic mass is 9.99. The largest absolute Gasteiger partial charge is 0.456 e. The molecule has 234 valence electrons. The first-order valence-electron chi connectivity index (χ1n) is 17.1. The summed E-state index contributed by atoms with van der Waals surface area (Å²) < 4.78 is 6.10. The predicted molar refractivity (Wildman–Crippen MR) is 212 cm³/mol. The van der Waals surface area contributed by atoms with Gasteiger partial charge in [0.2, 0.25) is 0 Å². The number of fused-ring (bicyclic) bond motifs is 7. The van der Waals surface area contributed by atoms with E-state index in [-0.39, 0.29) is 0 Å². The molecule has 0 bridgehead atoms. The molecule has 0 amide bonds. The van der Waals surface area contributed by atoms with Crippen molar-refractivity contribution in [3.05, 3.63) is 188 Å². The number of furan rings is 1. The van der Waals surface area contributed by atoms with Crippen LogP contribution in [0, 0.1) is 0 Å². The summed E-state index contributed by atoms with van der Waals surface area (Å²) in [6.45, 7) is 0. The first-order chi connectivity index (χ1) is 24.7. The van der Waals surface area contributed by atoms with Gasteiger partial charge < -0.3 is 9.32 Å². The molecule has 0 aliphatic carbocycles. The molecule has 0 saturated heterocycles. The molecule has 0 aliphatic heterocycles. The third-order valence-corrected chi connectivity index (χ3v) is 10.0. The molecule has 0 spiro atoms. The molecule has 0 saturated carbocycles. The van der Waals surface area contributed by atoms with Crippen molar-refractivity contribution < 1.29 is 4.42 Å². The normalized spacial score (nSPS) is 11.6. The minimum Gasteiger partial charge on any atom is -0.456 e. The van der Waals surface area contributed by atoms with Gasteiger partial charge in [-0.1, -0.05) is 127 Å². The number of para-hydroxylation sites is 1. The van der Waals surface area contributed by atoms with Crippen molar-refractivity contribution in [3.63, 3.8) is 0 Å². The molecule has 0 radical (unpaired) electrons. The van der Waals surface area contributed by atoms with Crippen molar-refractivity contribution in [2.24, 2.45) is 0 Å². The summed E-state index contributed by atoms with van der Waals surface area (Å²) in [5, 5.41) is 9.77. The molecule has 0 aliphatic rings. The van der Waals surface area contributed by atoms with E-state index < -0.39 is 0 Å². The zero-order valence-electron chi connectivity index (χ0n) is 27.3. The zero-order chi connectivity index (χ0) is 33.0. The quantitative estimate of drug-likeness (QED) is 0.175. The van der Waals surface area contributed by atoms with Crippen molar-refractivity contribution in [2.45, 2.75) is 0 Å². The summed E-state index contributed by atoms with van der Waals surface area (Å²) in [7, 11) is 0. The Morgan fingerprint density at radius 3 is 1.78 bits per heavy atom. The first kappa shape index (κ1) is 28.4. The molecule has 1 heterocycles. The maximum atomic E-state index is 6.10. The van der Waals surface area contributed by atoms with Gasteiger partial charge in [0.15, 0.2) is 0 Å². The fourth-order valence-electron chi connectivity index (χ4n) is 7.49. The fraction of sp³-hybridized carbons (Fsp3) is 0. The average molecular weight is 638 g/mol. The van der Waals surface area contributed by atoms with Crippen LogP contribution in [0.2, 0.25) is 0 Å². The van der Waals surface area contributed by atoms with Crippen LogP contribution in [0.15, 0.2) is 192 Å². The lowest BCUT2D eigenvalue weighted by molar-refractivity contribution is 0.669. The van der Waals surface area contributed by atoms with Crippen LogP contribution in [-0.2, 0) is 0 Å². The summed E-state index contributed by atoms with van der Waals surface area (Å²) in [5.41, 5.74) is 9.86.